The van der Waals surface area contributed by atoms with E-state index in [0.717, 1.165) is 12.8 Å². The van der Waals surface area contributed by atoms with E-state index in [2.05, 4.69) is 4.89 Å². The third kappa shape index (κ3) is 6.24. The van der Waals surface area contributed by atoms with Crippen molar-refractivity contribution in [1.29, 1.82) is 0 Å². The van der Waals surface area contributed by atoms with Gasteiger partial charge in [-0.2, -0.15) is 4.89 Å². The van der Waals surface area contributed by atoms with Crippen molar-refractivity contribution < 1.29 is 29.2 Å². The first-order valence-corrected chi connectivity index (χ1v) is 7.41. The van der Waals surface area contributed by atoms with Crippen molar-refractivity contribution in [2.24, 2.45) is 0 Å². The predicted molar refractivity (Wildman–Crippen MR) is 79.0 cm³/mol. The second-order valence-corrected chi connectivity index (χ2v) is 4.77. The number of hydrogen-bond donors (Lipinski definition) is 1. The minimum Gasteiger partial charge on any atom is -0.432 e. The first kappa shape index (κ1) is 18.1. The van der Waals surface area contributed by atoms with Crippen molar-refractivity contribution in [2.75, 3.05) is 6.61 Å². The van der Waals surface area contributed by atoms with Crippen molar-refractivity contribution in [1.82, 2.24) is 0 Å². The first-order valence-electron chi connectivity index (χ1n) is 7.41. The SMILES string of the molecule is CCCCOOC(=O)c1ccc(C(=O)OC(O)CCC)cc1. The molecule has 1 N–H and O–H groups in total. The fraction of sp³-hybridized carbons (Fsp3) is 0.500. The van der Waals surface area contributed by atoms with E-state index in [0.29, 0.717) is 19.4 Å². The van der Waals surface area contributed by atoms with Crippen LogP contribution in [0.25, 0.3) is 0 Å². The van der Waals surface area contributed by atoms with E-state index in [9.17, 15) is 14.7 Å². The highest BCUT2D eigenvalue weighted by Gasteiger charge is 2.14. The van der Waals surface area contributed by atoms with Crippen LogP contribution in [0, 0.1) is 0 Å². The standard InChI is InChI=1S/C16H22O6/c1-3-5-11-20-22-16(19)13-9-7-12(8-10-13)15(18)21-14(17)6-4-2/h7-10,14,17H,3-6,11H2,1-2H3. The van der Waals surface area contributed by atoms with Crippen molar-refractivity contribution in [3.8, 4) is 0 Å². The summed E-state index contributed by atoms with van der Waals surface area (Å²) in [7, 11) is 0. The zero-order valence-corrected chi connectivity index (χ0v) is 12.9. The molecule has 0 amide bonds. The quantitative estimate of drug-likeness (QED) is 0.248. The fourth-order valence-corrected chi connectivity index (χ4v) is 1.59. The van der Waals surface area contributed by atoms with Crippen molar-refractivity contribution in [2.45, 2.75) is 45.8 Å². The summed E-state index contributed by atoms with van der Waals surface area (Å²) in [5.41, 5.74) is 0.515. The van der Waals surface area contributed by atoms with E-state index in [1.54, 1.807) is 0 Å². The van der Waals surface area contributed by atoms with Crippen LogP contribution in [0.4, 0.5) is 0 Å². The molecule has 0 aliphatic carbocycles. The van der Waals surface area contributed by atoms with Gasteiger partial charge in [-0.3, -0.25) is 4.89 Å². The van der Waals surface area contributed by atoms with Crippen LogP contribution in [-0.4, -0.2) is 29.9 Å². The molecule has 6 nitrogen and oxygen atoms in total. The average molecular weight is 310 g/mol. The summed E-state index contributed by atoms with van der Waals surface area (Å²) < 4.78 is 4.84. The summed E-state index contributed by atoms with van der Waals surface area (Å²) in [4.78, 5) is 32.8. The highest BCUT2D eigenvalue weighted by molar-refractivity contribution is 5.93. The molecular weight excluding hydrogens is 288 g/mol. The predicted octanol–water partition coefficient (Wildman–Crippen LogP) is 2.85. The molecule has 0 fully saturated rings. The van der Waals surface area contributed by atoms with Gasteiger partial charge in [0.1, 0.15) is 0 Å². The van der Waals surface area contributed by atoms with E-state index in [4.69, 9.17) is 9.62 Å². The molecule has 1 aromatic rings. The van der Waals surface area contributed by atoms with Gasteiger partial charge in [0.05, 0.1) is 17.7 Å². The Morgan fingerprint density at radius 1 is 1.05 bits per heavy atom. The van der Waals surface area contributed by atoms with E-state index < -0.39 is 18.2 Å². The number of hydrogen-bond acceptors (Lipinski definition) is 6. The van der Waals surface area contributed by atoms with Crippen LogP contribution >= 0.6 is 0 Å². The number of esters is 1. The average Bonchev–Trinajstić information content (AvgIpc) is 2.51. The normalized spacial score (nSPS) is 11.8. The van der Waals surface area contributed by atoms with Gasteiger partial charge in [0.25, 0.3) is 0 Å². The van der Waals surface area contributed by atoms with Gasteiger partial charge >= 0.3 is 11.9 Å². The molecule has 0 aromatic heterocycles. The topological polar surface area (TPSA) is 82.1 Å². The van der Waals surface area contributed by atoms with Crippen LogP contribution in [0.1, 0.15) is 60.2 Å². The molecule has 22 heavy (non-hydrogen) atoms. The highest BCUT2D eigenvalue weighted by atomic mass is 17.2. The summed E-state index contributed by atoms with van der Waals surface area (Å²) >= 11 is 0. The number of carbonyl (C=O) groups excluding carboxylic acids is 2. The monoisotopic (exact) mass is 310 g/mol. The number of aliphatic hydroxyl groups excluding tert-OH is 1. The zero-order chi connectivity index (χ0) is 16.4. The Labute approximate surface area is 129 Å². The molecule has 1 atom stereocenters. The summed E-state index contributed by atoms with van der Waals surface area (Å²) in [5, 5.41) is 9.43. The number of benzene rings is 1. The first-order chi connectivity index (χ1) is 10.6. The van der Waals surface area contributed by atoms with Crippen LogP contribution in [0.2, 0.25) is 0 Å². The number of rotatable bonds is 9. The Balaban J connectivity index is 2.51. The highest BCUT2D eigenvalue weighted by Crippen LogP contribution is 2.10. The molecule has 0 heterocycles. The van der Waals surface area contributed by atoms with Crippen LogP contribution in [0.15, 0.2) is 24.3 Å². The Morgan fingerprint density at radius 2 is 1.64 bits per heavy atom. The molecule has 6 heteroatoms. The Bertz CT molecular complexity index is 468. The van der Waals surface area contributed by atoms with Crippen molar-refractivity contribution in [3.63, 3.8) is 0 Å². The molecule has 0 saturated carbocycles. The molecule has 122 valence electrons. The molecule has 1 rings (SSSR count). The zero-order valence-electron chi connectivity index (χ0n) is 12.9. The Morgan fingerprint density at radius 3 is 2.18 bits per heavy atom. The molecular formula is C16H22O6. The van der Waals surface area contributed by atoms with Gasteiger partial charge < -0.3 is 9.84 Å². The summed E-state index contributed by atoms with van der Waals surface area (Å²) in [6.45, 7) is 4.22. The third-order valence-electron chi connectivity index (χ3n) is 2.85. The lowest BCUT2D eigenvalue weighted by atomic mass is 10.1. The molecule has 0 aliphatic heterocycles. The Hall–Kier alpha value is -1.92. The smallest absolute Gasteiger partial charge is 0.373 e. The lowest BCUT2D eigenvalue weighted by Gasteiger charge is -2.11. The van der Waals surface area contributed by atoms with Crippen LogP contribution in [0.5, 0.6) is 0 Å². The van der Waals surface area contributed by atoms with Crippen LogP contribution in [0.3, 0.4) is 0 Å². The lowest BCUT2D eigenvalue weighted by molar-refractivity contribution is -0.241. The molecule has 0 bridgehead atoms. The Kier molecular flexibility index (Phi) is 8.17. The second kappa shape index (κ2) is 9.92. The minimum atomic E-state index is -1.12. The summed E-state index contributed by atoms with van der Waals surface area (Å²) in [6.07, 6.45) is 1.72. The maximum atomic E-state index is 11.7. The van der Waals surface area contributed by atoms with Crippen molar-refractivity contribution >= 4 is 11.9 Å². The van der Waals surface area contributed by atoms with E-state index in [-0.39, 0.29) is 11.1 Å². The summed E-state index contributed by atoms with van der Waals surface area (Å²) in [6, 6.07) is 5.75. The number of unbranched alkanes of at least 4 members (excludes halogenated alkanes) is 1. The van der Waals surface area contributed by atoms with E-state index in [1.807, 2.05) is 13.8 Å². The molecule has 1 aromatic carbocycles. The maximum Gasteiger partial charge on any atom is 0.373 e. The fourth-order valence-electron chi connectivity index (χ4n) is 1.59. The van der Waals surface area contributed by atoms with Gasteiger partial charge in [-0.25, -0.2) is 9.59 Å². The van der Waals surface area contributed by atoms with Gasteiger partial charge in [0.15, 0.2) is 0 Å². The lowest BCUT2D eigenvalue weighted by Crippen LogP contribution is -2.17. The van der Waals surface area contributed by atoms with Gasteiger partial charge in [-0.05, 0) is 30.7 Å². The molecule has 0 aliphatic rings. The van der Waals surface area contributed by atoms with Gasteiger partial charge in [0.2, 0.25) is 6.29 Å². The number of carbonyl (C=O) groups is 2. The maximum absolute atomic E-state index is 11.7. The van der Waals surface area contributed by atoms with Crippen molar-refractivity contribution in [3.05, 3.63) is 35.4 Å². The molecule has 0 radical (unpaired) electrons. The van der Waals surface area contributed by atoms with E-state index in [1.165, 1.54) is 24.3 Å². The number of aliphatic hydroxyl groups is 1. The van der Waals surface area contributed by atoms with E-state index >= 15 is 0 Å². The van der Waals surface area contributed by atoms with Gasteiger partial charge in [0, 0.05) is 6.42 Å². The van der Waals surface area contributed by atoms with Crippen LogP contribution in [-0.2, 0) is 14.5 Å². The summed E-state index contributed by atoms with van der Waals surface area (Å²) in [5.74, 6) is -1.26. The molecule has 0 spiro atoms. The van der Waals surface area contributed by atoms with Gasteiger partial charge in [-0.15, -0.1) is 0 Å². The number of ether oxygens (including phenoxy) is 1. The second-order valence-electron chi connectivity index (χ2n) is 4.77. The van der Waals surface area contributed by atoms with Gasteiger partial charge in [-0.1, -0.05) is 26.7 Å². The molecule has 1 unspecified atom stereocenters. The third-order valence-corrected chi connectivity index (χ3v) is 2.85. The molecule has 0 saturated heterocycles. The largest absolute Gasteiger partial charge is 0.432 e. The minimum absolute atomic E-state index is 0.249. The van der Waals surface area contributed by atoms with Crippen LogP contribution < -0.4 is 0 Å².